The molecular weight excluding hydrogens is 240 g/mol. The van der Waals surface area contributed by atoms with Crippen LogP contribution in [0.1, 0.15) is 53.9 Å². The van der Waals surface area contributed by atoms with Gasteiger partial charge in [-0.1, -0.05) is 13.8 Å². The Morgan fingerprint density at radius 1 is 1.42 bits per heavy atom. The zero-order chi connectivity index (χ0) is 14.5. The van der Waals surface area contributed by atoms with E-state index in [9.17, 15) is 4.79 Å². The Bertz CT molecular complexity index is 284. The number of carbonyl (C=O) groups excluding carboxylic acids is 1. The summed E-state index contributed by atoms with van der Waals surface area (Å²) in [6, 6.07) is 0.417. The zero-order valence-corrected chi connectivity index (χ0v) is 13.2. The van der Waals surface area contributed by atoms with Crippen molar-refractivity contribution in [2.24, 2.45) is 5.92 Å². The minimum Gasteiger partial charge on any atom is -0.444 e. The van der Waals surface area contributed by atoms with Crippen molar-refractivity contribution in [3.63, 3.8) is 0 Å². The molecule has 0 radical (unpaired) electrons. The van der Waals surface area contributed by atoms with Crippen molar-refractivity contribution < 1.29 is 9.53 Å². The molecule has 4 heteroatoms. The molecule has 0 aliphatic carbocycles. The van der Waals surface area contributed by atoms with Gasteiger partial charge in [-0.3, -0.25) is 0 Å². The average molecular weight is 270 g/mol. The summed E-state index contributed by atoms with van der Waals surface area (Å²) in [5.41, 5.74) is -0.408. The SMILES string of the molecule is CC(C)CCNC1CCCN(C(=O)OC(C)(C)C)C1. The summed E-state index contributed by atoms with van der Waals surface area (Å²) >= 11 is 0. The largest absolute Gasteiger partial charge is 0.444 e. The molecule has 0 spiro atoms. The number of nitrogens with zero attached hydrogens (tertiary/aromatic N) is 1. The van der Waals surface area contributed by atoms with Crippen molar-refractivity contribution >= 4 is 6.09 Å². The molecule has 1 aliphatic heterocycles. The molecule has 0 saturated carbocycles. The molecule has 0 bridgehead atoms. The number of ether oxygens (including phenoxy) is 1. The second-order valence-electron chi connectivity index (χ2n) is 6.90. The van der Waals surface area contributed by atoms with E-state index in [0.717, 1.165) is 38.4 Å². The van der Waals surface area contributed by atoms with E-state index < -0.39 is 5.60 Å². The number of hydrogen-bond acceptors (Lipinski definition) is 3. The maximum atomic E-state index is 12.0. The summed E-state index contributed by atoms with van der Waals surface area (Å²) in [5.74, 6) is 0.720. The van der Waals surface area contributed by atoms with Gasteiger partial charge in [0, 0.05) is 19.1 Å². The predicted molar refractivity (Wildman–Crippen MR) is 78.3 cm³/mol. The Morgan fingerprint density at radius 2 is 2.11 bits per heavy atom. The minimum absolute atomic E-state index is 0.178. The van der Waals surface area contributed by atoms with Gasteiger partial charge in [0.2, 0.25) is 0 Å². The van der Waals surface area contributed by atoms with E-state index in [2.05, 4.69) is 19.2 Å². The van der Waals surface area contributed by atoms with Gasteiger partial charge in [-0.2, -0.15) is 0 Å². The molecular formula is C15H30N2O2. The molecule has 19 heavy (non-hydrogen) atoms. The topological polar surface area (TPSA) is 41.6 Å². The monoisotopic (exact) mass is 270 g/mol. The lowest BCUT2D eigenvalue weighted by Crippen LogP contribution is -2.49. The molecule has 1 heterocycles. The second-order valence-corrected chi connectivity index (χ2v) is 6.90. The first-order chi connectivity index (χ1) is 8.78. The summed E-state index contributed by atoms with van der Waals surface area (Å²) in [6.45, 7) is 12.8. The van der Waals surface area contributed by atoms with Crippen LogP contribution < -0.4 is 5.32 Å². The van der Waals surface area contributed by atoms with Crippen LogP contribution in [0, 0.1) is 5.92 Å². The molecule has 1 saturated heterocycles. The highest BCUT2D eigenvalue weighted by Gasteiger charge is 2.27. The van der Waals surface area contributed by atoms with E-state index in [4.69, 9.17) is 4.74 Å². The fraction of sp³-hybridized carbons (Fsp3) is 0.933. The maximum Gasteiger partial charge on any atom is 0.410 e. The average Bonchev–Trinajstić information content (AvgIpc) is 2.26. The van der Waals surface area contributed by atoms with Crippen molar-refractivity contribution in [1.29, 1.82) is 0 Å². The number of rotatable bonds is 4. The molecule has 1 N–H and O–H groups in total. The maximum absolute atomic E-state index is 12.0. The molecule has 0 aromatic heterocycles. The summed E-state index contributed by atoms with van der Waals surface area (Å²) < 4.78 is 5.43. The van der Waals surface area contributed by atoms with Crippen molar-refractivity contribution in [2.45, 2.75) is 65.5 Å². The third-order valence-electron chi connectivity index (χ3n) is 3.23. The van der Waals surface area contributed by atoms with Gasteiger partial charge in [0.15, 0.2) is 0 Å². The molecule has 1 fully saturated rings. The van der Waals surface area contributed by atoms with Crippen LogP contribution in [0.2, 0.25) is 0 Å². The van der Waals surface area contributed by atoms with Gasteiger partial charge in [-0.25, -0.2) is 4.79 Å². The third-order valence-corrected chi connectivity index (χ3v) is 3.23. The van der Waals surface area contributed by atoms with Crippen LogP contribution >= 0.6 is 0 Å². The van der Waals surface area contributed by atoms with Crippen LogP contribution in [-0.2, 0) is 4.74 Å². The Hall–Kier alpha value is -0.770. The van der Waals surface area contributed by atoms with E-state index in [0.29, 0.717) is 6.04 Å². The Morgan fingerprint density at radius 3 is 2.68 bits per heavy atom. The first-order valence-electron chi connectivity index (χ1n) is 7.49. The smallest absolute Gasteiger partial charge is 0.410 e. The lowest BCUT2D eigenvalue weighted by molar-refractivity contribution is 0.0187. The summed E-state index contributed by atoms with van der Waals surface area (Å²) in [6.07, 6.45) is 3.21. The standard InChI is InChI=1S/C15H30N2O2/c1-12(2)8-9-16-13-7-6-10-17(11-13)14(18)19-15(3,4)5/h12-13,16H,6-11H2,1-5H3. The molecule has 112 valence electrons. The number of piperidine rings is 1. The highest BCUT2D eigenvalue weighted by atomic mass is 16.6. The lowest BCUT2D eigenvalue weighted by Gasteiger charge is -2.34. The fourth-order valence-electron chi connectivity index (χ4n) is 2.21. The Kier molecular flexibility index (Phi) is 6.11. The normalized spacial score (nSPS) is 20.7. The van der Waals surface area contributed by atoms with Crippen molar-refractivity contribution in [1.82, 2.24) is 10.2 Å². The third kappa shape index (κ3) is 6.81. The highest BCUT2D eigenvalue weighted by molar-refractivity contribution is 5.68. The van der Waals surface area contributed by atoms with E-state index in [1.807, 2.05) is 25.7 Å². The minimum atomic E-state index is -0.408. The van der Waals surface area contributed by atoms with Crippen molar-refractivity contribution in [2.75, 3.05) is 19.6 Å². The number of nitrogens with one attached hydrogen (secondary N) is 1. The van der Waals surface area contributed by atoms with Crippen molar-refractivity contribution in [3.8, 4) is 0 Å². The Labute approximate surface area is 117 Å². The first kappa shape index (κ1) is 16.3. The van der Waals surface area contributed by atoms with Crippen LogP contribution in [0.4, 0.5) is 4.79 Å². The van der Waals surface area contributed by atoms with Gasteiger partial charge in [0.1, 0.15) is 5.60 Å². The van der Waals surface area contributed by atoms with Gasteiger partial charge in [0.05, 0.1) is 0 Å². The first-order valence-corrected chi connectivity index (χ1v) is 7.49. The summed E-state index contributed by atoms with van der Waals surface area (Å²) in [7, 11) is 0. The number of hydrogen-bond donors (Lipinski definition) is 1. The van der Waals surface area contributed by atoms with E-state index in [1.165, 1.54) is 6.42 Å². The predicted octanol–water partition coefficient (Wildman–Crippen LogP) is 3.02. The number of carbonyl (C=O) groups is 1. The number of likely N-dealkylation sites (tertiary alicyclic amines) is 1. The van der Waals surface area contributed by atoms with Crippen LogP contribution in [0.25, 0.3) is 0 Å². The van der Waals surface area contributed by atoms with Crippen LogP contribution in [0.15, 0.2) is 0 Å². The lowest BCUT2D eigenvalue weighted by atomic mass is 10.1. The van der Waals surface area contributed by atoms with Gasteiger partial charge >= 0.3 is 6.09 Å². The highest BCUT2D eigenvalue weighted by Crippen LogP contribution is 2.15. The molecule has 0 aromatic rings. The van der Waals surface area contributed by atoms with Gasteiger partial charge in [-0.05, 0) is 52.5 Å². The van der Waals surface area contributed by atoms with E-state index >= 15 is 0 Å². The molecule has 0 aromatic carbocycles. The molecule has 1 aliphatic rings. The molecule has 1 unspecified atom stereocenters. The summed E-state index contributed by atoms with van der Waals surface area (Å²) in [5, 5.41) is 3.55. The molecule has 4 nitrogen and oxygen atoms in total. The number of amides is 1. The van der Waals surface area contributed by atoms with E-state index in [-0.39, 0.29) is 6.09 Å². The van der Waals surface area contributed by atoms with E-state index in [1.54, 1.807) is 0 Å². The molecule has 1 atom stereocenters. The van der Waals surface area contributed by atoms with Crippen molar-refractivity contribution in [3.05, 3.63) is 0 Å². The zero-order valence-electron chi connectivity index (χ0n) is 13.2. The van der Waals surface area contributed by atoms with Crippen LogP contribution in [0.3, 0.4) is 0 Å². The quantitative estimate of drug-likeness (QED) is 0.854. The van der Waals surface area contributed by atoms with Crippen LogP contribution in [-0.4, -0.2) is 42.3 Å². The Balaban J connectivity index is 2.35. The second kappa shape index (κ2) is 7.13. The fourth-order valence-corrected chi connectivity index (χ4v) is 2.21. The molecule has 1 rings (SSSR count). The van der Waals surface area contributed by atoms with Gasteiger partial charge in [-0.15, -0.1) is 0 Å². The van der Waals surface area contributed by atoms with Gasteiger partial charge < -0.3 is 15.0 Å². The van der Waals surface area contributed by atoms with Gasteiger partial charge in [0.25, 0.3) is 0 Å². The van der Waals surface area contributed by atoms with Crippen LogP contribution in [0.5, 0.6) is 0 Å². The summed E-state index contributed by atoms with van der Waals surface area (Å²) in [4.78, 5) is 13.9. The molecule has 1 amide bonds.